The van der Waals surface area contributed by atoms with Gasteiger partial charge in [-0.15, -0.1) is 5.11 Å². The topological polar surface area (TPSA) is 111 Å². The lowest BCUT2D eigenvalue weighted by atomic mass is 10.0. The van der Waals surface area contributed by atoms with Crippen LogP contribution in [0.2, 0.25) is 0 Å². The van der Waals surface area contributed by atoms with Crippen molar-refractivity contribution in [3.05, 3.63) is 60.7 Å². The minimum atomic E-state index is -1.62. The summed E-state index contributed by atoms with van der Waals surface area (Å²) < 4.78 is 16.5. The lowest BCUT2D eigenvalue weighted by Crippen LogP contribution is -2.44. The molecule has 9 heteroatoms. The number of hydrazone groups is 1. The Kier molecular flexibility index (Phi) is 5.05. The van der Waals surface area contributed by atoms with Gasteiger partial charge in [0.05, 0.1) is 18.0 Å². The summed E-state index contributed by atoms with van der Waals surface area (Å²) in [5.41, 5.74) is 2.33. The monoisotopic (exact) mass is 394 g/mol. The highest BCUT2D eigenvalue weighted by Crippen LogP contribution is 2.40. The van der Waals surface area contributed by atoms with E-state index in [1.807, 2.05) is 36.4 Å². The van der Waals surface area contributed by atoms with Crippen molar-refractivity contribution in [1.82, 2.24) is 0 Å². The number of nitrogens with one attached hydrogen (secondary N) is 1. The van der Waals surface area contributed by atoms with Gasteiger partial charge in [0.15, 0.2) is 12.2 Å². The van der Waals surface area contributed by atoms with Crippen LogP contribution in [-0.4, -0.2) is 42.2 Å². The number of hydrogen-bond acceptors (Lipinski definition) is 9. The Labute approximate surface area is 166 Å². The van der Waals surface area contributed by atoms with Gasteiger partial charge >= 0.3 is 11.9 Å². The van der Waals surface area contributed by atoms with Crippen LogP contribution in [0.1, 0.15) is 6.92 Å². The second kappa shape index (κ2) is 7.80. The fourth-order valence-electron chi connectivity index (χ4n) is 3.13. The van der Waals surface area contributed by atoms with E-state index in [-0.39, 0.29) is 12.3 Å². The van der Waals surface area contributed by atoms with E-state index in [2.05, 4.69) is 20.8 Å². The maximum atomic E-state index is 12.5. The summed E-state index contributed by atoms with van der Waals surface area (Å²) in [6, 6.07) is 18.1. The second-order valence-electron chi connectivity index (χ2n) is 6.46. The van der Waals surface area contributed by atoms with Crippen molar-refractivity contribution >= 4 is 29.0 Å². The Morgan fingerprint density at radius 3 is 2.52 bits per heavy atom. The van der Waals surface area contributed by atoms with Gasteiger partial charge in [-0.05, 0) is 24.3 Å². The Morgan fingerprint density at radius 1 is 1.14 bits per heavy atom. The standard InChI is InChI=1S/C20H18N4O5/c1-13(25)28-16-12-27-20(24-22-15-10-6-3-7-11-15)17(19(26)29-18(16)20)23-21-14-8-4-2-5-9-14/h2-11,16,18,21H,12H2,1H3/b23-17+,24-22?/t16-,18+,20+/m0/s1. The summed E-state index contributed by atoms with van der Waals surface area (Å²) in [6.45, 7) is 1.27. The molecule has 0 aliphatic carbocycles. The van der Waals surface area contributed by atoms with E-state index >= 15 is 0 Å². The number of para-hydroxylation sites is 1. The van der Waals surface area contributed by atoms with E-state index in [1.165, 1.54) is 6.92 Å². The predicted molar refractivity (Wildman–Crippen MR) is 103 cm³/mol. The summed E-state index contributed by atoms with van der Waals surface area (Å²) in [6.07, 6.45) is -1.79. The average molecular weight is 394 g/mol. The first kappa shape index (κ1) is 18.8. The number of esters is 2. The van der Waals surface area contributed by atoms with Crippen molar-refractivity contribution in [2.24, 2.45) is 15.3 Å². The molecule has 2 aliphatic heterocycles. The molecule has 1 N–H and O–H groups in total. The fraction of sp³-hybridized carbons (Fsp3) is 0.250. The molecule has 0 amide bonds. The first-order valence-electron chi connectivity index (χ1n) is 8.98. The maximum absolute atomic E-state index is 12.5. The molecule has 2 aromatic rings. The van der Waals surface area contributed by atoms with Gasteiger partial charge in [-0.25, -0.2) is 4.79 Å². The van der Waals surface area contributed by atoms with Gasteiger partial charge < -0.3 is 14.2 Å². The van der Waals surface area contributed by atoms with Crippen LogP contribution in [-0.2, 0) is 23.8 Å². The minimum absolute atomic E-state index is 0.00427. The van der Waals surface area contributed by atoms with Crippen LogP contribution in [0.3, 0.4) is 0 Å². The Balaban J connectivity index is 1.70. The summed E-state index contributed by atoms with van der Waals surface area (Å²) in [5.74, 6) is -1.24. The zero-order valence-corrected chi connectivity index (χ0v) is 15.5. The summed E-state index contributed by atoms with van der Waals surface area (Å²) in [5, 5.41) is 12.7. The molecular weight excluding hydrogens is 376 g/mol. The van der Waals surface area contributed by atoms with Gasteiger partial charge in [0.25, 0.3) is 5.72 Å². The largest absolute Gasteiger partial charge is 0.456 e. The molecule has 0 spiro atoms. The van der Waals surface area contributed by atoms with Crippen molar-refractivity contribution in [2.75, 3.05) is 12.0 Å². The predicted octanol–water partition coefficient (Wildman–Crippen LogP) is 2.82. The van der Waals surface area contributed by atoms with E-state index in [1.54, 1.807) is 24.3 Å². The molecule has 148 valence electrons. The first-order valence-corrected chi connectivity index (χ1v) is 8.98. The lowest BCUT2D eigenvalue weighted by Gasteiger charge is -2.20. The van der Waals surface area contributed by atoms with Gasteiger partial charge in [0.2, 0.25) is 5.71 Å². The highest BCUT2D eigenvalue weighted by atomic mass is 16.7. The van der Waals surface area contributed by atoms with Crippen molar-refractivity contribution in [3.8, 4) is 0 Å². The molecule has 4 rings (SSSR count). The van der Waals surface area contributed by atoms with Crippen LogP contribution >= 0.6 is 0 Å². The van der Waals surface area contributed by atoms with Crippen molar-refractivity contribution < 1.29 is 23.8 Å². The SMILES string of the molecule is CC(=O)O[C@H]1CO[C@]2(N=Nc3ccccc3)/C(=N/Nc3ccccc3)C(=O)O[C@H]12. The normalized spacial score (nSPS) is 27.1. The summed E-state index contributed by atoms with van der Waals surface area (Å²) >= 11 is 0. The van der Waals surface area contributed by atoms with Gasteiger partial charge in [-0.2, -0.15) is 10.2 Å². The summed E-state index contributed by atoms with van der Waals surface area (Å²) in [4.78, 5) is 24.0. The Hall–Kier alpha value is -3.59. The Morgan fingerprint density at radius 2 is 1.83 bits per heavy atom. The average Bonchev–Trinajstić information content (AvgIpc) is 3.19. The minimum Gasteiger partial charge on any atom is -0.456 e. The zero-order valence-electron chi connectivity index (χ0n) is 15.5. The van der Waals surface area contributed by atoms with Gasteiger partial charge in [-0.1, -0.05) is 36.4 Å². The number of rotatable bonds is 5. The highest BCUT2D eigenvalue weighted by Gasteiger charge is 2.66. The van der Waals surface area contributed by atoms with E-state index in [0.717, 1.165) is 0 Å². The van der Waals surface area contributed by atoms with Crippen LogP contribution in [0.5, 0.6) is 0 Å². The summed E-state index contributed by atoms with van der Waals surface area (Å²) in [7, 11) is 0. The number of anilines is 1. The maximum Gasteiger partial charge on any atom is 0.360 e. The number of carbonyl (C=O) groups excluding carboxylic acids is 2. The number of ether oxygens (including phenoxy) is 3. The number of azo groups is 1. The third kappa shape index (κ3) is 3.72. The molecule has 2 fully saturated rings. The van der Waals surface area contributed by atoms with Crippen molar-refractivity contribution in [1.29, 1.82) is 0 Å². The van der Waals surface area contributed by atoms with Crippen molar-refractivity contribution in [2.45, 2.75) is 24.9 Å². The molecule has 0 bridgehead atoms. The molecule has 9 nitrogen and oxygen atoms in total. The molecule has 29 heavy (non-hydrogen) atoms. The van der Waals surface area contributed by atoms with E-state index in [4.69, 9.17) is 14.2 Å². The molecule has 3 atom stereocenters. The smallest absolute Gasteiger partial charge is 0.360 e. The Bertz CT molecular complexity index is 963. The van der Waals surface area contributed by atoms with Crippen molar-refractivity contribution in [3.63, 3.8) is 0 Å². The molecule has 2 saturated heterocycles. The van der Waals surface area contributed by atoms with Crippen LogP contribution in [0, 0.1) is 0 Å². The fourth-order valence-corrected chi connectivity index (χ4v) is 3.13. The van der Waals surface area contributed by atoms with Crippen LogP contribution < -0.4 is 5.43 Å². The third-order valence-corrected chi connectivity index (χ3v) is 4.42. The van der Waals surface area contributed by atoms with E-state index in [9.17, 15) is 9.59 Å². The quantitative estimate of drug-likeness (QED) is 0.474. The lowest BCUT2D eigenvalue weighted by molar-refractivity contribution is -0.157. The van der Waals surface area contributed by atoms with Gasteiger partial charge in [-0.3, -0.25) is 10.2 Å². The van der Waals surface area contributed by atoms with Gasteiger partial charge in [0.1, 0.15) is 0 Å². The molecule has 0 aromatic heterocycles. The van der Waals surface area contributed by atoms with Crippen LogP contribution in [0.15, 0.2) is 76.0 Å². The number of benzene rings is 2. The van der Waals surface area contributed by atoms with Crippen LogP contribution in [0.25, 0.3) is 0 Å². The number of fused-ring (bicyclic) bond motifs is 1. The number of hydrogen-bond donors (Lipinski definition) is 1. The molecule has 0 saturated carbocycles. The molecular formula is C20H18N4O5. The van der Waals surface area contributed by atoms with E-state index in [0.29, 0.717) is 11.4 Å². The molecule has 2 heterocycles. The van der Waals surface area contributed by atoms with Gasteiger partial charge in [0, 0.05) is 6.92 Å². The van der Waals surface area contributed by atoms with E-state index < -0.39 is 29.9 Å². The number of nitrogens with zero attached hydrogens (tertiary/aromatic N) is 3. The highest BCUT2D eigenvalue weighted by molar-refractivity contribution is 6.42. The van der Waals surface area contributed by atoms with Crippen LogP contribution in [0.4, 0.5) is 11.4 Å². The number of carbonyl (C=O) groups is 2. The first-order chi connectivity index (χ1) is 14.1. The second-order valence-corrected chi connectivity index (χ2v) is 6.46. The zero-order chi connectivity index (χ0) is 20.3. The molecule has 2 aliphatic rings. The molecule has 0 radical (unpaired) electrons. The molecule has 2 aromatic carbocycles. The molecule has 0 unspecified atom stereocenters. The third-order valence-electron chi connectivity index (χ3n) is 4.42.